The summed E-state index contributed by atoms with van der Waals surface area (Å²) in [6.45, 7) is 11.1. The Hall–Kier alpha value is -1.56. The molecule has 0 amide bonds. The van der Waals surface area contributed by atoms with Gasteiger partial charge in [-0.15, -0.1) is 0 Å². The van der Waals surface area contributed by atoms with Crippen molar-refractivity contribution in [1.29, 1.82) is 0 Å². The van der Waals surface area contributed by atoms with Gasteiger partial charge >= 0.3 is 0 Å². The van der Waals surface area contributed by atoms with E-state index in [0.29, 0.717) is 5.92 Å². The van der Waals surface area contributed by atoms with Gasteiger partial charge in [0.25, 0.3) is 0 Å². The molecule has 0 bridgehead atoms. The van der Waals surface area contributed by atoms with Gasteiger partial charge in [-0.25, -0.2) is 0 Å². The average molecular weight is 264 g/mol. The lowest BCUT2D eigenvalue weighted by Crippen LogP contribution is -2.30. The van der Waals surface area contributed by atoms with Crippen LogP contribution in [-0.2, 0) is 5.41 Å². The van der Waals surface area contributed by atoms with Crippen LogP contribution in [0.15, 0.2) is 54.6 Å². The first-order valence-electron chi connectivity index (χ1n) is 7.76. The molecule has 2 aliphatic carbocycles. The molecule has 0 heteroatoms. The van der Waals surface area contributed by atoms with Crippen LogP contribution in [0.3, 0.4) is 0 Å². The molecule has 1 spiro atoms. The maximum atomic E-state index is 4.14. The summed E-state index contributed by atoms with van der Waals surface area (Å²) in [6.07, 6.45) is 9.10. The van der Waals surface area contributed by atoms with E-state index < -0.39 is 0 Å². The van der Waals surface area contributed by atoms with Gasteiger partial charge in [0.05, 0.1) is 0 Å². The fraction of sp³-hybridized carbons (Fsp3) is 0.400. The first-order valence-corrected chi connectivity index (χ1v) is 7.76. The second-order valence-electron chi connectivity index (χ2n) is 6.35. The molecule has 3 rings (SSSR count). The van der Waals surface area contributed by atoms with E-state index in [1.54, 1.807) is 0 Å². The van der Waals surface area contributed by atoms with Crippen molar-refractivity contribution in [3.8, 4) is 0 Å². The Morgan fingerprint density at radius 1 is 1.25 bits per heavy atom. The maximum absolute atomic E-state index is 4.14. The van der Waals surface area contributed by atoms with Crippen LogP contribution in [0.1, 0.15) is 44.7 Å². The molecule has 0 saturated heterocycles. The molecule has 0 radical (unpaired) electrons. The second-order valence-corrected chi connectivity index (χ2v) is 6.35. The minimum Gasteiger partial charge on any atom is -0.0987 e. The first-order chi connectivity index (χ1) is 9.66. The van der Waals surface area contributed by atoms with Gasteiger partial charge in [-0.3, -0.25) is 0 Å². The van der Waals surface area contributed by atoms with Gasteiger partial charge in [-0.2, -0.15) is 0 Å². The highest BCUT2D eigenvalue weighted by atomic mass is 14.5. The maximum Gasteiger partial charge on any atom is 0.0243 e. The smallest absolute Gasteiger partial charge is 0.0243 e. The summed E-state index contributed by atoms with van der Waals surface area (Å²) >= 11 is 0. The molecule has 20 heavy (non-hydrogen) atoms. The summed E-state index contributed by atoms with van der Waals surface area (Å²) in [7, 11) is 0. The molecule has 1 unspecified atom stereocenters. The zero-order chi connectivity index (χ0) is 14.3. The molecule has 1 aromatic carbocycles. The predicted octanol–water partition coefficient (Wildman–Crippen LogP) is 5.52. The van der Waals surface area contributed by atoms with Crippen LogP contribution in [0.4, 0.5) is 0 Å². The van der Waals surface area contributed by atoms with Crippen molar-refractivity contribution in [3.05, 3.63) is 65.8 Å². The average Bonchev–Trinajstić information content (AvgIpc) is 2.91. The zero-order valence-electron chi connectivity index (χ0n) is 12.8. The quantitative estimate of drug-likeness (QED) is 0.659. The molecule has 3 atom stereocenters. The van der Waals surface area contributed by atoms with E-state index in [1.807, 2.05) is 0 Å². The Bertz CT molecular complexity index is 602. The topological polar surface area (TPSA) is 0 Å². The Morgan fingerprint density at radius 2 is 2.00 bits per heavy atom. The molecule has 1 fully saturated rings. The summed E-state index contributed by atoms with van der Waals surface area (Å²) in [6, 6.07) is 8.96. The van der Waals surface area contributed by atoms with Crippen molar-refractivity contribution in [2.24, 2.45) is 11.8 Å². The SMILES string of the molecule is C=CC1=C(/C=C\C)c2ccccc2C12CC[C@@H](C)[C@H]2C. The van der Waals surface area contributed by atoms with E-state index in [2.05, 4.69) is 69.8 Å². The third-order valence-corrected chi connectivity index (χ3v) is 5.63. The third kappa shape index (κ3) is 1.54. The van der Waals surface area contributed by atoms with E-state index in [0.717, 1.165) is 5.92 Å². The lowest BCUT2D eigenvalue weighted by molar-refractivity contribution is 0.350. The van der Waals surface area contributed by atoms with Gasteiger partial charge in [-0.1, -0.05) is 62.9 Å². The van der Waals surface area contributed by atoms with E-state index in [4.69, 9.17) is 0 Å². The molecule has 1 aromatic rings. The second kappa shape index (κ2) is 4.77. The molecular weight excluding hydrogens is 240 g/mol. The fourth-order valence-corrected chi connectivity index (χ4v) is 4.45. The molecule has 1 saturated carbocycles. The van der Waals surface area contributed by atoms with Gasteiger partial charge in [0.1, 0.15) is 0 Å². The highest BCUT2D eigenvalue weighted by molar-refractivity contribution is 5.88. The number of allylic oxidation sites excluding steroid dienone is 5. The lowest BCUT2D eigenvalue weighted by atomic mass is 9.69. The van der Waals surface area contributed by atoms with Crippen LogP contribution in [0.2, 0.25) is 0 Å². The van der Waals surface area contributed by atoms with Crippen LogP contribution >= 0.6 is 0 Å². The highest BCUT2D eigenvalue weighted by Crippen LogP contribution is 2.59. The number of hydrogen-bond donors (Lipinski definition) is 0. The predicted molar refractivity (Wildman–Crippen MR) is 87.6 cm³/mol. The van der Waals surface area contributed by atoms with Gasteiger partial charge in [0, 0.05) is 5.41 Å². The summed E-state index contributed by atoms with van der Waals surface area (Å²) in [5, 5.41) is 0. The van der Waals surface area contributed by atoms with Crippen molar-refractivity contribution >= 4 is 5.57 Å². The van der Waals surface area contributed by atoms with Crippen LogP contribution in [0.25, 0.3) is 5.57 Å². The number of hydrogen-bond acceptors (Lipinski definition) is 0. The molecular formula is C20H24. The molecule has 0 aliphatic heterocycles. The molecule has 0 heterocycles. The van der Waals surface area contributed by atoms with Crippen LogP contribution in [0, 0.1) is 11.8 Å². The zero-order valence-corrected chi connectivity index (χ0v) is 12.8. The molecule has 104 valence electrons. The summed E-state index contributed by atoms with van der Waals surface area (Å²) in [5.74, 6) is 1.46. The van der Waals surface area contributed by atoms with Gasteiger partial charge < -0.3 is 0 Å². The Kier molecular flexibility index (Phi) is 3.20. The van der Waals surface area contributed by atoms with E-state index in [-0.39, 0.29) is 5.41 Å². The minimum atomic E-state index is 0.201. The molecule has 0 aromatic heterocycles. The summed E-state index contributed by atoms with van der Waals surface area (Å²) in [4.78, 5) is 0. The highest BCUT2D eigenvalue weighted by Gasteiger charge is 2.51. The first kappa shape index (κ1) is 13.4. The minimum absolute atomic E-state index is 0.201. The Balaban J connectivity index is 2.31. The fourth-order valence-electron chi connectivity index (χ4n) is 4.45. The van der Waals surface area contributed by atoms with Crippen molar-refractivity contribution < 1.29 is 0 Å². The van der Waals surface area contributed by atoms with E-state index >= 15 is 0 Å². The van der Waals surface area contributed by atoms with Gasteiger partial charge in [0.15, 0.2) is 0 Å². The Morgan fingerprint density at radius 3 is 2.60 bits per heavy atom. The largest absolute Gasteiger partial charge is 0.0987 e. The van der Waals surface area contributed by atoms with Crippen molar-refractivity contribution in [2.45, 2.75) is 39.0 Å². The van der Waals surface area contributed by atoms with E-state index in [9.17, 15) is 0 Å². The third-order valence-electron chi connectivity index (χ3n) is 5.63. The van der Waals surface area contributed by atoms with Gasteiger partial charge in [0.2, 0.25) is 0 Å². The van der Waals surface area contributed by atoms with Crippen LogP contribution in [-0.4, -0.2) is 0 Å². The van der Waals surface area contributed by atoms with Crippen molar-refractivity contribution in [3.63, 3.8) is 0 Å². The molecule has 0 nitrogen and oxygen atoms in total. The standard InChI is InChI=1S/C20H24/c1-5-9-16-17-10-7-8-11-19(17)20(18(16)6-2)13-12-14(3)15(20)4/h5-11,14-15H,2,12-13H2,1,3-4H3/b9-5-/t14-,15-,20?/m1/s1. The van der Waals surface area contributed by atoms with Crippen molar-refractivity contribution in [1.82, 2.24) is 0 Å². The van der Waals surface area contributed by atoms with Crippen LogP contribution in [0.5, 0.6) is 0 Å². The number of fused-ring (bicyclic) bond motifs is 2. The molecule has 2 aliphatic rings. The number of benzene rings is 1. The monoisotopic (exact) mass is 264 g/mol. The summed E-state index contributed by atoms with van der Waals surface area (Å²) < 4.78 is 0. The summed E-state index contributed by atoms with van der Waals surface area (Å²) in [5.41, 5.74) is 5.99. The van der Waals surface area contributed by atoms with E-state index in [1.165, 1.54) is 35.1 Å². The normalized spacial score (nSPS) is 32.4. The Labute approximate surface area is 122 Å². The van der Waals surface area contributed by atoms with Crippen LogP contribution < -0.4 is 0 Å². The molecule has 0 N–H and O–H groups in total. The van der Waals surface area contributed by atoms with Gasteiger partial charge in [-0.05, 0) is 53.9 Å². The number of rotatable bonds is 2. The van der Waals surface area contributed by atoms with Crippen molar-refractivity contribution in [2.75, 3.05) is 0 Å². The lowest BCUT2D eigenvalue weighted by Gasteiger charge is -2.34.